The van der Waals surface area contributed by atoms with Gasteiger partial charge in [0.2, 0.25) is 0 Å². The van der Waals surface area contributed by atoms with Gasteiger partial charge < -0.3 is 4.74 Å². The molecule has 1 heterocycles. The highest BCUT2D eigenvalue weighted by molar-refractivity contribution is 7.20. The number of hydrogen-bond acceptors (Lipinski definition) is 3. The Bertz CT molecular complexity index is 599. The molecule has 1 fully saturated rings. The fourth-order valence-electron chi connectivity index (χ4n) is 2.00. The first-order chi connectivity index (χ1) is 8.20. The Morgan fingerprint density at radius 3 is 2.88 bits per heavy atom. The minimum absolute atomic E-state index is 0.162. The van der Waals surface area contributed by atoms with Crippen LogP contribution in [-0.2, 0) is 4.74 Å². The Morgan fingerprint density at radius 2 is 2.24 bits per heavy atom. The summed E-state index contributed by atoms with van der Waals surface area (Å²) in [7, 11) is 1.33. The van der Waals surface area contributed by atoms with E-state index < -0.39 is 5.97 Å². The number of carbonyl (C=O) groups is 1. The van der Waals surface area contributed by atoms with E-state index >= 15 is 0 Å². The van der Waals surface area contributed by atoms with Crippen LogP contribution in [0.4, 0.5) is 4.39 Å². The molecule has 0 bridgehead atoms. The summed E-state index contributed by atoms with van der Waals surface area (Å²) >= 11 is 1.17. The van der Waals surface area contributed by atoms with Gasteiger partial charge in [-0.05, 0) is 35.8 Å². The fraction of sp³-hybridized carbons (Fsp3) is 0.308. The number of fused-ring (bicyclic) bond motifs is 1. The molecule has 88 valence electrons. The first kappa shape index (κ1) is 10.7. The van der Waals surface area contributed by atoms with Crippen LogP contribution in [-0.4, -0.2) is 13.1 Å². The first-order valence-electron chi connectivity index (χ1n) is 5.51. The second-order valence-electron chi connectivity index (χ2n) is 4.26. The predicted octanol–water partition coefficient (Wildman–Crippen LogP) is 3.70. The van der Waals surface area contributed by atoms with Crippen molar-refractivity contribution in [3.05, 3.63) is 34.5 Å². The van der Waals surface area contributed by atoms with E-state index in [1.807, 2.05) is 12.1 Å². The van der Waals surface area contributed by atoms with Gasteiger partial charge in [0.25, 0.3) is 0 Å². The van der Waals surface area contributed by atoms with Crippen LogP contribution < -0.4 is 0 Å². The molecule has 0 radical (unpaired) electrons. The Balaban J connectivity index is 2.15. The molecule has 2 nitrogen and oxygen atoms in total. The number of benzene rings is 1. The van der Waals surface area contributed by atoms with Crippen LogP contribution in [0.25, 0.3) is 10.1 Å². The number of ether oxygens (including phenoxy) is 1. The topological polar surface area (TPSA) is 26.3 Å². The largest absolute Gasteiger partial charge is 0.465 e. The quantitative estimate of drug-likeness (QED) is 0.759. The van der Waals surface area contributed by atoms with Crippen molar-refractivity contribution in [2.75, 3.05) is 7.11 Å². The minimum atomic E-state index is -0.404. The molecule has 1 aliphatic rings. The second-order valence-corrected chi connectivity index (χ2v) is 5.32. The molecule has 0 amide bonds. The molecule has 3 rings (SSSR count). The number of rotatable bonds is 2. The van der Waals surface area contributed by atoms with Crippen LogP contribution in [0.2, 0.25) is 0 Å². The molecule has 1 aliphatic carbocycles. The number of esters is 1. The Morgan fingerprint density at radius 1 is 1.47 bits per heavy atom. The third kappa shape index (κ3) is 1.72. The average molecular weight is 250 g/mol. The van der Waals surface area contributed by atoms with Crippen LogP contribution in [0, 0.1) is 5.82 Å². The number of thiophene rings is 1. The summed E-state index contributed by atoms with van der Waals surface area (Å²) < 4.78 is 19.4. The normalized spacial score (nSPS) is 15.2. The summed E-state index contributed by atoms with van der Waals surface area (Å²) in [4.78, 5) is 11.8. The Kier molecular flexibility index (Phi) is 2.40. The highest BCUT2D eigenvalue weighted by Crippen LogP contribution is 2.43. The molecule has 4 heteroatoms. The van der Waals surface area contributed by atoms with Crippen molar-refractivity contribution in [3.8, 4) is 0 Å². The molecular formula is C13H11FO2S. The third-order valence-electron chi connectivity index (χ3n) is 3.06. The molecule has 0 saturated heterocycles. The van der Waals surface area contributed by atoms with E-state index in [4.69, 9.17) is 0 Å². The van der Waals surface area contributed by atoms with Gasteiger partial charge in [-0.15, -0.1) is 11.3 Å². The van der Waals surface area contributed by atoms with Crippen molar-refractivity contribution in [2.24, 2.45) is 0 Å². The summed E-state index contributed by atoms with van der Waals surface area (Å²) in [5.74, 6) is -0.188. The van der Waals surface area contributed by atoms with Gasteiger partial charge in [-0.3, -0.25) is 0 Å². The van der Waals surface area contributed by atoms with Gasteiger partial charge >= 0.3 is 5.97 Å². The average Bonchev–Trinajstić information content (AvgIpc) is 3.07. The van der Waals surface area contributed by atoms with Crippen molar-refractivity contribution in [1.29, 1.82) is 0 Å². The monoisotopic (exact) mass is 250 g/mol. The van der Waals surface area contributed by atoms with Crippen molar-refractivity contribution in [1.82, 2.24) is 0 Å². The van der Waals surface area contributed by atoms with E-state index in [1.165, 1.54) is 18.4 Å². The maximum absolute atomic E-state index is 14.2. The van der Waals surface area contributed by atoms with Gasteiger partial charge in [0, 0.05) is 0 Å². The van der Waals surface area contributed by atoms with Crippen LogP contribution >= 0.6 is 11.3 Å². The van der Waals surface area contributed by atoms with Gasteiger partial charge in [0.15, 0.2) is 0 Å². The third-order valence-corrected chi connectivity index (χ3v) is 4.18. The maximum Gasteiger partial charge on any atom is 0.348 e. The zero-order valence-electron chi connectivity index (χ0n) is 9.33. The summed E-state index contributed by atoms with van der Waals surface area (Å²) in [5, 5.41) is 0.775. The molecule has 0 spiro atoms. The van der Waals surface area contributed by atoms with Gasteiger partial charge in [0.1, 0.15) is 10.7 Å². The van der Waals surface area contributed by atoms with E-state index in [0.29, 0.717) is 15.5 Å². The zero-order chi connectivity index (χ0) is 12.0. The maximum atomic E-state index is 14.2. The standard InChI is InChI=1S/C13H11FO2S/c1-16-13(15)10-6-8-4-5-9(7-2-3-7)11(14)12(8)17-10/h4-7H,2-3H2,1H3. The molecule has 2 aromatic rings. The Labute approximate surface area is 102 Å². The van der Waals surface area contributed by atoms with E-state index in [2.05, 4.69) is 4.74 Å². The number of carbonyl (C=O) groups excluding carboxylic acids is 1. The van der Waals surface area contributed by atoms with E-state index in [-0.39, 0.29) is 5.82 Å². The van der Waals surface area contributed by atoms with Crippen LogP contribution in [0.1, 0.15) is 34.0 Å². The molecule has 0 N–H and O–H groups in total. The van der Waals surface area contributed by atoms with Crippen LogP contribution in [0.5, 0.6) is 0 Å². The number of methoxy groups -OCH3 is 1. The molecular weight excluding hydrogens is 239 g/mol. The lowest BCUT2D eigenvalue weighted by molar-refractivity contribution is 0.0606. The van der Waals surface area contributed by atoms with Crippen molar-refractivity contribution in [2.45, 2.75) is 18.8 Å². The lowest BCUT2D eigenvalue weighted by atomic mass is 10.1. The van der Waals surface area contributed by atoms with E-state index in [0.717, 1.165) is 23.8 Å². The molecule has 0 aliphatic heterocycles. The summed E-state index contributed by atoms with van der Waals surface area (Å²) in [6, 6.07) is 5.41. The van der Waals surface area contributed by atoms with Crippen LogP contribution in [0.15, 0.2) is 18.2 Å². The zero-order valence-corrected chi connectivity index (χ0v) is 10.1. The molecule has 17 heavy (non-hydrogen) atoms. The van der Waals surface area contributed by atoms with Gasteiger partial charge in [-0.2, -0.15) is 0 Å². The molecule has 1 aromatic carbocycles. The highest BCUT2D eigenvalue weighted by atomic mass is 32.1. The molecule has 0 atom stereocenters. The van der Waals surface area contributed by atoms with Crippen molar-refractivity contribution in [3.63, 3.8) is 0 Å². The van der Waals surface area contributed by atoms with Crippen molar-refractivity contribution < 1.29 is 13.9 Å². The van der Waals surface area contributed by atoms with Crippen LogP contribution in [0.3, 0.4) is 0 Å². The minimum Gasteiger partial charge on any atom is -0.465 e. The van der Waals surface area contributed by atoms with Gasteiger partial charge in [-0.1, -0.05) is 12.1 Å². The summed E-state index contributed by atoms with van der Waals surface area (Å²) in [5.41, 5.74) is 0.788. The smallest absolute Gasteiger partial charge is 0.348 e. The number of halogens is 1. The summed E-state index contributed by atoms with van der Waals surface area (Å²) in [6.45, 7) is 0. The van der Waals surface area contributed by atoms with Gasteiger partial charge in [0.05, 0.1) is 11.8 Å². The SMILES string of the molecule is COC(=O)c1cc2ccc(C3CC3)c(F)c2s1. The predicted molar refractivity (Wildman–Crippen MR) is 65.1 cm³/mol. The van der Waals surface area contributed by atoms with E-state index in [1.54, 1.807) is 6.07 Å². The van der Waals surface area contributed by atoms with Gasteiger partial charge in [-0.25, -0.2) is 9.18 Å². The Hall–Kier alpha value is -1.42. The second kappa shape index (κ2) is 3.81. The lowest BCUT2D eigenvalue weighted by Crippen LogP contribution is -1.96. The molecule has 0 unspecified atom stereocenters. The number of hydrogen-bond donors (Lipinski definition) is 0. The van der Waals surface area contributed by atoms with Crippen molar-refractivity contribution >= 4 is 27.4 Å². The molecule has 1 aromatic heterocycles. The van der Waals surface area contributed by atoms with E-state index in [9.17, 15) is 9.18 Å². The highest BCUT2D eigenvalue weighted by Gasteiger charge is 2.28. The summed E-state index contributed by atoms with van der Waals surface area (Å²) in [6.07, 6.45) is 2.13. The fourth-order valence-corrected chi connectivity index (χ4v) is 3.02. The lowest BCUT2D eigenvalue weighted by Gasteiger charge is -2.00. The molecule has 1 saturated carbocycles. The first-order valence-corrected chi connectivity index (χ1v) is 6.32.